The van der Waals surface area contributed by atoms with Crippen LogP contribution in [0.3, 0.4) is 0 Å². The molecule has 0 radical (unpaired) electrons. The van der Waals surface area contributed by atoms with E-state index >= 15 is 0 Å². The van der Waals surface area contributed by atoms with Gasteiger partial charge in [0.1, 0.15) is 23.2 Å². The van der Waals surface area contributed by atoms with Gasteiger partial charge in [-0.25, -0.2) is 26.8 Å². The summed E-state index contributed by atoms with van der Waals surface area (Å²) in [6.45, 7) is -0.174. The molecule has 5 N–H and O–H groups in total. The minimum absolute atomic E-state index is 0.0782. The zero-order valence-corrected chi connectivity index (χ0v) is 46.3. The van der Waals surface area contributed by atoms with E-state index in [1.807, 2.05) is 36.4 Å². The molecule has 4 amide bonds. The molecule has 2 saturated carbocycles. The van der Waals surface area contributed by atoms with Crippen molar-refractivity contribution < 1.29 is 54.7 Å². The number of hydrogen-bond donors (Lipinski definition) is 5. The third-order valence-electron chi connectivity index (χ3n) is 15.7. The molecule has 4 aliphatic rings. The Bertz CT molecular complexity index is 3260. The predicted octanol–water partition coefficient (Wildman–Crippen LogP) is 6.66. The van der Waals surface area contributed by atoms with Gasteiger partial charge in [-0.15, -0.1) is 0 Å². The lowest BCUT2D eigenvalue weighted by molar-refractivity contribution is -0.129. The molecule has 20 nitrogen and oxygen atoms in total. The Morgan fingerprint density at radius 1 is 0.575 bits per heavy atom. The van der Waals surface area contributed by atoms with E-state index in [1.165, 1.54) is 35.3 Å². The van der Waals surface area contributed by atoms with E-state index in [-0.39, 0.29) is 59.6 Å². The maximum absolute atomic E-state index is 13.6. The van der Waals surface area contributed by atoms with Crippen LogP contribution >= 0.6 is 0 Å². The van der Waals surface area contributed by atoms with E-state index in [2.05, 4.69) is 31.2 Å². The molecule has 80 heavy (non-hydrogen) atoms. The number of rotatable bonds is 16. The molecule has 4 fully saturated rings. The van der Waals surface area contributed by atoms with E-state index in [1.54, 1.807) is 48.5 Å². The molecule has 2 aliphatic carbocycles. The smallest absolute Gasteiger partial charge is 0.287 e. The summed E-state index contributed by atoms with van der Waals surface area (Å²) in [5.41, 5.74) is 1.17. The SMILES string of the molecule is O=C(N[C@@H](CC1CCCCC1)C(=O)NC1CCCN(S(=O)(=O)c2ccccn2)CC1=O)c1cc2ccccc2o1.O=C(N[C@@H](CC1CCCCC1)C(=O)NC1CCCN(S(=O)(=O)c2ccccn2)CC1O)c1cc2ccccc2o1. The second kappa shape index (κ2) is 26.6. The number of ketones is 1. The average molecular weight is 1140 g/mol. The van der Waals surface area contributed by atoms with Crippen molar-refractivity contribution in [1.82, 2.24) is 39.8 Å². The summed E-state index contributed by atoms with van der Waals surface area (Å²) in [7, 11) is -7.82. The van der Waals surface area contributed by atoms with Gasteiger partial charge in [0.15, 0.2) is 27.4 Å². The number of benzene rings is 2. The first-order chi connectivity index (χ1) is 38.6. The number of nitrogens with one attached hydrogen (secondary N) is 4. The van der Waals surface area contributed by atoms with Crippen LogP contribution in [0.2, 0.25) is 0 Å². The number of aliphatic hydroxyl groups excluding tert-OH is 1. The number of fused-ring (bicyclic) bond motifs is 2. The van der Waals surface area contributed by atoms with Gasteiger partial charge in [-0.3, -0.25) is 24.0 Å². The second-order valence-electron chi connectivity index (χ2n) is 21.4. The van der Waals surface area contributed by atoms with E-state index in [4.69, 9.17) is 8.83 Å². The topological polar surface area (TPSA) is 281 Å². The standard InChI is InChI=1S/C29H36N4O6S.C29H34N4O6S/c2*34-24-19-33(40(37,38)27-14-6-7-15-30-27)16-8-12-22(24)31-28(35)23(17-20-9-2-1-3-10-20)32-29(36)26-18-21-11-4-5-13-25(21)39-26/h4-7,11,13-15,18,20,22-24,34H,1-3,8-10,12,16-17,19H2,(H,31,35)(H,32,36);4-7,11,13-15,18,20,22-23H,1-3,8-10,12,16-17,19H2,(H,31,35)(H,32,36)/t22?,23-,24?;22?,23-/m00/s1. The van der Waals surface area contributed by atoms with Crippen LogP contribution in [-0.4, -0.2) is 126 Å². The van der Waals surface area contributed by atoms with Crippen molar-refractivity contribution in [3.63, 3.8) is 0 Å². The van der Waals surface area contributed by atoms with E-state index < -0.39 is 73.8 Å². The number of nitrogens with zero attached hydrogens (tertiary/aromatic N) is 4. The Morgan fingerprint density at radius 2 is 1.04 bits per heavy atom. The average Bonchev–Trinajstić information content (AvgIpc) is 4.05. The van der Waals surface area contributed by atoms with Gasteiger partial charge in [-0.05, 0) is 98.9 Å². The van der Waals surface area contributed by atoms with Crippen molar-refractivity contribution in [2.45, 2.75) is 143 Å². The van der Waals surface area contributed by atoms with Crippen LogP contribution in [0, 0.1) is 11.8 Å². The molecule has 6 heterocycles. The molecule has 22 heteroatoms. The number of amides is 4. The molecule has 3 unspecified atom stereocenters. The summed E-state index contributed by atoms with van der Waals surface area (Å²) in [5.74, 6) is -1.37. The molecule has 2 saturated heterocycles. The minimum Gasteiger partial charge on any atom is -0.451 e. The van der Waals surface area contributed by atoms with Crippen LogP contribution in [0.15, 0.2) is 128 Å². The van der Waals surface area contributed by atoms with E-state index in [0.29, 0.717) is 55.6 Å². The first-order valence-corrected chi connectivity index (χ1v) is 30.7. The number of hydrogen-bond acceptors (Lipinski definition) is 14. The number of para-hydroxylation sites is 2. The third-order valence-corrected chi connectivity index (χ3v) is 19.2. The number of aliphatic hydroxyl groups is 1. The Morgan fingerprint density at radius 3 is 1.54 bits per heavy atom. The maximum atomic E-state index is 13.6. The summed E-state index contributed by atoms with van der Waals surface area (Å²) in [5, 5.41) is 23.8. The first-order valence-electron chi connectivity index (χ1n) is 27.8. The Balaban J connectivity index is 0.000000194. The van der Waals surface area contributed by atoms with Crippen molar-refractivity contribution in [2.75, 3.05) is 26.2 Å². The van der Waals surface area contributed by atoms with Gasteiger partial charge < -0.3 is 35.2 Å². The van der Waals surface area contributed by atoms with Gasteiger partial charge in [-0.2, -0.15) is 8.61 Å². The van der Waals surface area contributed by atoms with Crippen molar-refractivity contribution in [3.8, 4) is 0 Å². The fourth-order valence-corrected chi connectivity index (χ4v) is 14.1. The van der Waals surface area contributed by atoms with Crippen LogP contribution in [0.25, 0.3) is 21.9 Å². The number of furan rings is 2. The lowest BCUT2D eigenvalue weighted by Crippen LogP contribution is -2.54. The fraction of sp³-hybridized carbons (Fsp3) is 0.466. The number of pyridine rings is 2. The van der Waals surface area contributed by atoms with Crippen molar-refractivity contribution in [1.29, 1.82) is 0 Å². The van der Waals surface area contributed by atoms with Crippen molar-refractivity contribution in [3.05, 3.63) is 121 Å². The number of Topliss-reactive ketones (excluding diaryl/α,β-unsaturated/α-hetero) is 1. The number of aromatic nitrogens is 2. The Labute approximate surface area is 465 Å². The van der Waals surface area contributed by atoms with Gasteiger partial charge >= 0.3 is 0 Å². The first kappa shape index (κ1) is 57.8. The molecule has 0 spiro atoms. The molecule has 4 aromatic heterocycles. The molecular weight excluding hydrogens is 1060 g/mol. The zero-order chi connectivity index (χ0) is 56.2. The monoisotopic (exact) mass is 1130 g/mol. The third kappa shape index (κ3) is 14.5. The highest BCUT2D eigenvalue weighted by Crippen LogP contribution is 2.30. The maximum Gasteiger partial charge on any atom is 0.287 e. The summed E-state index contributed by atoms with van der Waals surface area (Å²) < 4.78 is 66.0. The Hall–Kier alpha value is -6.85. The van der Waals surface area contributed by atoms with Crippen LogP contribution in [-0.2, 0) is 34.4 Å². The quantitative estimate of drug-likeness (QED) is 0.0678. The van der Waals surface area contributed by atoms with Gasteiger partial charge in [0, 0.05) is 42.8 Å². The number of sulfonamides is 2. The largest absolute Gasteiger partial charge is 0.451 e. The van der Waals surface area contributed by atoms with Crippen LogP contribution in [0.1, 0.15) is 124 Å². The van der Waals surface area contributed by atoms with Crippen LogP contribution < -0.4 is 21.3 Å². The molecule has 2 aromatic carbocycles. The normalized spacial score (nSPS) is 21.0. The van der Waals surface area contributed by atoms with Gasteiger partial charge in [0.25, 0.3) is 31.9 Å². The summed E-state index contributed by atoms with van der Waals surface area (Å²) in [6.07, 6.45) is 14.8. The van der Waals surface area contributed by atoms with Gasteiger partial charge in [0.2, 0.25) is 11.8 Å². The number of β-amino-alcohol motifs (C(OH)–C–C–N with tert-alkyl or cyclic N) is 1. The van der Waals surface area contributed by atoms with Crippen molar-refractivity contribution in [2.24, 2.45) is 11.8 Å². The highest BCUT2D eigenvalue weighted by molar-refractivity contribution is 7.89. The van der Waals surface area contributed by atoms with Gasteiger partial charge in [0.05, 0.1) is 24.7 Å². The summed E-state index contributed by atoms with van der Waals surface area (Å²) in [4.78, 5) is 74.5. The number of carbonyl (C=O) groups is 5. The molecule has 6 aromatic rings. The molecule has 2 aliphatic heterocycles. The molecule has 10 rings (SSSR count). The molecular formula is C58H70N8O12S2. The summed E-state index contributed by atoms with van der Waals surface area (Å²) in [6, 6.07) is 24.0. The lowest BCUT2D eigenvalue weighted by Gasteiger charge is -2.29. The van der Waals surface area contributed by atoms with Gasteiger partial charge in [-0.1, -0.05) is 113 Å². The molecule has 426 valence electrons. The van der Waals surface area contributed by atoms with Crippen LogP contribution in [0.5, 0.6) is 0 Å². The number of carbonyl (C=O) groups excluding carboxylic acids is 5. The summed E-state index contributed by atoms with van der Waals surface area (Å²) >= 11 is 0. The second-order valence-corrected chi connectivity index (χ2v) is 25.1. The van der Waals surface area contributed by atoms with E-state index in [0.717, 1.165) is 72.9 Å². The lowest BCUT2D eigenvalue weighted by atomic mass is 9.84. The van der Waals surface area contributed by atoms with Crippen molar-refractivity contribution >= 4 is 71.4 Å². The van der Waals surface area contributed by atoms with Crippen LogP contribution in [0.4, 0.5) is 0 Å². The molecule has 5 atom stereocenters. The predicted molar refractivity (Wildman–Crippen MR) is 297 cm³/mol. The van der Waals surface area contributed by atoms with E-state index in [9.17, 15) is 45.9 Å². The highest BCUT2D eigenvalue weighted by Gasteiger charge is 2.38. The highest BCUT2D eigenvalue weighted by atomic mass is 32.2. The molecule has 0 bridgehead atoms. The fourth-order valence-electron chi connectivity index (χ4n) is 11.3. The zero-order valence-electron chi connectivity index (χ0n) is 44.6. The minimum atomic E-state index is -3.94. The Kier molecular flexibility index (Phi) is 19.2.